The number of carbonyl (C=O) groups is 2. The maximum absolute atomic E-state index is 12.0. The zero-order valence-electron chi connectivity index (χ0n) is 12.2. The van der Waals surface area contributed by atoms with Crippen LogP contribution in [0.1, 0.15) is 12.5 Å². The number of Topliss-reactive ketones (excluding diaryl/α,β-unsaturated/α-hetero) is 2. The summed E-state index contributed by atoms with van der Waals surface area (Å²) in [7, 11) is 0. The summed E-state index contributed by atoms with van der Waals surface area (Å²) in [4.78, 5) is 26.5. The van der Waals surface area contributed by atoms with Gasteiger partial charge < -0.3 is 4.74 Å². The Morgan fingerprint density at radius 2 is 1.91 bits per heavy atom. The van der Waals surface area contributed by atoms with Crippen molar-refractivity contribution in [1.29, 1.82) is 0 Å². The van der Waals surface area contributed by atoms with Crippen molar-refractivity contribution in [2.75, 3.05) is 6.61 Å². The maximum atomic E-state index is 12.0. The van der Waals surface area contributed by atoms with Gasteiger partial charge in [-0.15, -0.1) is 0 Å². The number of ketones is 2. The van der Waals surface area contributed by atoms with Crippen molar-refractivity contribution < 1.29 is 14.3 Å². The number of hydrogen-bond acceptors (Lipinski definition) is 4. The fraction of sp³-hybridized carbons (Fsp3) is 0.125. The third-order valence-electron chi connectivity index (χ3n) is 3.00. The van der Waals surface area contributed by atoms with Crippen molar-refractivity contribution >= 4 is 29.2 Å². The van der Waals surface area contributed by atoms with Crippen molar-refractivity contribution in [2.24, 2.45) is 5.11 Å². The molecule has 1 aromatic carbocycles. The first-order chi connectivity index (χ1) is 11.1. The third kappa shape index (κ3) is 3.51. The summed E-state index contributed by atoms with van der Waals surface area (Å²) in [6.07, 6.45) is 3.24. The van der Waals surface area contributed by atoms with E-state index in [1.54, 1.807) is 13.0 Å². The highest BCUT2D eigenvalue weighted by molar-refractivity contribution is 6.62. The highest BCUT2D eigenvalue weighted by Gasteiger charge is 2.33. The lowest BCUT2D eigenvalue weighted by atomic mass is 9.98. The van der Waals surface area contributed by atoms with E-state index in [9.17, 15) is 9.59 Å². The van der Waals surface area contributed by atoms with Crippen LogP contribution < -0.4 is 0 Å². The van der Waals surface area contributed by atoms with Crippen LogP contribution in [0, 0.1) is 0 Å². The lowest BCUT2D eigenvalue weighted by Crippen LogP contribution is -2.24. The molecule has 1 aromatic rings. The van der Waals surface area contributed by atoms with Gasteiger partial charge in [-0.3, -0.25) is 9.59 Å². The van der Waals surface area contributed by atoms with E-state index in [1.807, 2.05) is 30.3 Å². The van der Waals surface area contributed by atoms with E-state index in [0.717, 1.165) is 5.56 Å². The number of benzene rings is 1. The molecule has 0 heterocycles. The molecule has 0 fully saturated rings. The third-order valence-corrected chi connectivity index (χ3v) is 3.34. The van der Waals surface area contributed by atoms with E-state index < -0.39 is 11.6 Å². The number of rotatable bonds is 5. The molecule has 1 aliphatic rings. The predicted octanol–water partition coefficient (Wildman–Crippen LogP) is 3.90. The minimum atomic E-state index is -0.955. The predicted molar refractivity (Wildman–Crippen MR) is 86.2 cm³/mol. The Morgan fingerprint density at radius 1 is 1.22 bits per heavy atom. The van der Waals surface area contributed by atoms with Crippen molar-refractivity contribution in [3.63, 3.8) is 0 Å². The van der Waals surface area contributed by atoms with Gasteiger partial charge in [-0.25, -0.2) is 0 Å². The number of nitrogens with zero attached hydrogens (tertiary/aromatic N) is 3. The molecule has 0 saturated carbocycles. The quantitative estimate of drug-likeness (QED) is 0.269. The highest BCUT2D eigenvalue weighted by atomic mass is 35.5. The van der Waals surface area contributed by atoms with Gasteiger partial charge in [0.05, 0.1) is 6.61 Å². The Kier molecular flexibility index (Phi) is 5.36. The normalized spacial score (nSPS) is 15.2. The van der Waals surface area contributed by atoms with E-state index in [0.29, 0.717) is 0 Å². The Morgan fingerprint density at radius 3 is 2.52 bits per heavy atom. The molecule has 0 spiro atoms. The lowest BCUT2D eigenvalue weighted by Gasteiger charge is -2.18. The first-order valence-electron chi connectivity index (χ1n) is 6.74. The van der Waals surface area contributed by atoms with Crippen LogP contribution in [0.25, 0.3) is 16.5 Å². The molecule has 0 unspecified atom stereocenters. The van der Waals surface area contributed by atoms with Crippen molar-refractivity contribution in [3.05, 3.63) is 74.5 Å². The number of hydrogen-bond donors (Lipinski definition) is 0. The summed E-state index contributed by atoms with van der Waals surface area (Å²) in [5, 5.41) is 3.02. The molecule has 0 saturated heterocycles. The van der Waals surface area contributed by atoms with Gasteiger partial charge in [0.2, 0.25) is 11.6 Å². The van der Waals surface area contributed by atoms with Crippen molar-refractivity contribution in [1.82, 2.24) is 0 Å². The number of azide groups is 1. The summed E-state index contributed by atoms with van der Waals surface area (Å²) in [6.45, 7) is 1.95. The molecule has 0 aliphatic heterocycles. The summed E-state index contributed by atoms with van der Waals surface area (Å²) >= 11 is 5.93. The Balaban J connectivity index is 2.59. The monoisotopic (exact) mass is 329 g/mol. The van der Waals surface area contributed by atoms with E-state index in [2.05, 4.69) is 10.0 Å². The second kappa shape index (κ2) is 7.45. The summed E-state index contributed by atoms with van der Waals surface area (Å²) in [5.74, 6) is -1.87. The molecule has 0 N–H and O–H groups in total. The molecule has 0 atom stereocenters. The molecule has 2 rings (SSSR count). The molecule has 0 bridgehead atoms. The first-order valence-corrected chi connectivity index (χ1v) is 7.12. The van der Waals surface area contributed by atoms with Crippen LogP contribution in [-0.4, -0.2) is 18.2 Å². The van der Waals surface area contributed by atoms with Crippen LogP contribution in [0.15, 0.2) is 63.6 Å². The van der Waals surface area contributed by atoms with Crippen molar-refractivity contribution in [2.45, 2.75) is 6.92 Å². The number of ether oxygens (including phenoxy) is 1. The average molecular weight is 330 g/mol. The van der Waals surface area contributed by atoms with E-state index in [1.165, 1.54) is 6.08 Å². The number of allylic oxidation sites excluding steroid dienone is 3. The van der Waals surface area contributed by atoms with Gasteiger partial charge in [0, 0.05) is 10.5 Å². The van der Waals surface area contributed by atoms with Crippen LogP contribution in [0.5, 0.6) is 0 Å². The molecule has 1 aliphatic carbocycles. The molecule has 7 heteroatoms. The molecule has 6 nitrogen and oxygen atoms in total. The van der Waals surface area contributed by atoms with E-state index >= 15 is 0 Å². The summed E-state index contributed by atoms with van der Waals surface area (Å²) < 4.78 is 5.37. The van der Waals surface area contributed by atoms with Gasteiger partial charge in [-0.1, -0.05) is 53.1 Å². The van der Waals surface area contributed by atoms with Crippen molar-refractivity contribution in [3.8, 4) is 0 Å². The Bertz CT molecular complexity index is 788. The standard InChI is InChI=1S/C16H12ClN3O3/c1-2-23-16-11(9-8-10-6-4-3-5-7-10)13(19-20-18)15(22)14(21)12(16)17/h3-9H,2H2,1H3/b9-8+. The van der Waals surface area contributed by atoms with Gasteiger partial charge in [0.25, 0.3) is 0 Å². The topological polar surface area (TPSA) is 92.1 Å². The molecule has 0 radical (unpaired) electrons. The zero-order chi connectivity index (χ0) is 16.8. The lowest BCUT2D eigenvalue weighted by molar-refractivity contribution is -0.132. The van der Waals surface area contributed by atoms with Gasteiger partial charge in [-0.05, 0) is 24.1 Å². The van der Waals surface area contributed by atoms with Gasteiger partial charge in [0.15, 0.2) is 0 Å². The zero-order valence-corrected chi connectivity index (χ0v) is 12.9. The number of carbonyl (C=O) groups excluding carboxylic acids is 2. The second-order valence-corrected chi connectivity index (χ2v) is 4.81. The summed E-state index contributed by atoms with van der Waals surface area (Å²) in [6, 6.07) is 9.28. The summed E-state index contributed by atoms with van der Waals surface area (Å²) in [5.41, 5.74) is 9.37. The molecule has 0 amide bonds. The fourth-order valence-electron chi connectivity index (χ4n) is 1.99. The SMILES string of the molecule is CCOC1=C(Cl)C(=O)C(=O)C(N=[N+]=[N-])=C1/C=C/c1ccccc1. The molecule has 23 heavy (non-hydrogen) atoms. The second-order valence-electron chi connectivity index (χ2n) is 4.43. The maximum Gasteiger partial charge on any atom is 0.248 e. The Labute approximate surface area is 137 Å². The Hall–Kier alpha value is -2.82. The van der Waals surface area contributed by atoms with Gasteiger partial charge in [0.1, 0.15) is 16.5 Å². The van der Waals surface area contributed by atoms with Crippen LogP contribution in [0.4, 0.5) is 0 Å². The van der Waals surface area contributed by atoms with Crippen LogP contribution >= 0.6 is 11.6 Å². The minimum absolute atomic E-state index is 0.0355. The van der Waals surface area contributed by atoms with Gasteiger partial charge >= 0.3 is 0 Å². The minimum Gasteiger partial charge on any atom is -0.492 e. The van der Waals surface area contributed by atoms with Crippen LogP contribution in [0.2, 0.25) is 0 Å². The smallest absolute Gasteiger partial charge is 0.248 e. The van der Waals surface area contributed by atoms with Gasteiger partial charge in [-0.2, -0.15) is 0 Å². The molecular formula is C16H12ClN3O3. The van der Waals surface area contributed by atoms with E-state index in [4.69, 9.17) is 21.9 Å². The fourth-order valence-corrected chi connectivity index (χ4v) is 2.23. The molecule has 116 valence electrons. The van der Waals surface area contributed by atoms with E-state index in [-0.39, 0.29) is 28.7 Å². The van der Waals surface area contributed by atoms with Crippen LogP contribution in [0.3, 0.4) is 0 Å². The number of halogens is 1. The highest BCUT2D eigenvalue weighted by Crippen LogP contribution is 2.31. The first kappa shape index (κ1) is 16.5. The van der Waals surface area contributed by atoms with Crippen LogP contribution in [-0.2, 0) is 14.3 Å². The largest absolute Gasteiger partial charge is 0.492 e. The average Bonchev–Trinajstić information content (AvgIpc) is 2.57. The molecular weight excluding hydrogens is 318 g/mol. The molecule has 0 aromatic heterocycles.